The minimum atomic E-state index is -0.125. The Hall–Kier alpha value is -3.12. The molecule has 0 aliphatic heterocycles. The first-order valence-electron chi connectivity index (χ1n) is 9.05. The molecule has 0 spiro atoms. The van der Waals surface area contributed by atoms with Crippen LogP contribution in [0.15, 0.2) is 65.6 Å². The Morgan fingerprint density at radius 3 is 2.96 bits per heavy atom. The number of nitrogens with one attached hydrogen (secondary N) is 1. The van der Waals surface area contributed by atoms with Crippen LogP contribution >= 0.6 is 11.6 Å². The van der Waals surface area contributed by atoms with E-state index in [2.05, 4.69) is 15.3 Å². The number of aromatic nitrogens is 3. The van der Waals surface area contributed by atoms with Crippen molar-refractivity contribution in [3.05, 3.63) is 83.2 Å². The maximum atomic E-state index is 12.4. The quantitative estimate of drug-likeness (QED) is 0.479. The van der Waals surface area contributed by atoms with Gasteiger partial charge in [-0.2, -0.15) is 0 Å². The lowest BCUT2D eigenvalue weighted by atomic mass is 10.1. The van der Waals surface area contributed by atoms with Crippen molar-refractivity contribution >= 4 is 28.6 Å². The molecule has 0 saturated heterocycles. The molecule has 0 fully saturated rings. The topological polar surface area (TPSA) is 73.0 Å². The van der Waals surface area contributed by atoms with Crippen LogP contribution in [0.3, 0.4) is 0 Å². The molecule has 0 radical (unpaired) electrons. The van der Waals surface area contributed by atoms with Gasteiger partial charge < -0.3 is 14.3 Å². The summed E-state index contributed by atoms with van der Waals surface area (Å²) in [6.07, 6.45) is 6.79. The molecule has 1 N–H and O–H groups in total. The highest BCUT2D eigenvalue weighted by Crippen LogP contribution is 2.20. The minimum absolute atomic E-state index is 0.125. The summed E-state index contributed by atoms with van der Waals surface area (Å²) in [6, 6.07) is 12.9. The van der Waals surface area contributed by atoms with Crippen molar-refractivity contribution < 1.29 is 9.21 Å². The molecule has 0 saturated carbocycles. The molecule has 0 atom stereocenters. The van der Waals surface area contributed by atoms with E-state index in [-0.39, 0.29) is 5.91 Å². The van der Waals surface area contributed by atoms with E-state index in [1.54, 1.807) is 30.7 Å². The lowest BCUT2D eigenvalue weighted by Gasteiger charge is -2.05. The van der Waals surface area contributed by atoms with Crippen LogP contribution in [0.1, 0.15) is 28.2 Å². The average molecular weight is 395 g/mol. The zero-order valence-corrected chi connectivity index (χ0v) is 15.9. The number of imidazole rings is 1. The van der Waals surface area contributed by atoms with E-state index >= 15 is 0 Å². The molecule has 2 aromatic heterocycles. The zero-order valence-electron chi connectivity index (χ0n) is 15.1. The maximum Gasteiger partial charge on any atom is 0.251 e. The fraction of sp³-hybridized carbons (Fsp3) is 0.190. The van der Waals surface area contributed by atoms with Crippen LogP contribution in [-0.2, 0) is 13.0 Å². The average Bonchev–Trinajstić information content (AvgIpc) is 3.33. The monoisotopic (exact) mass is 394 g/mol. The molecule has 7 heteroatoms. The van der Waals surface area contributed by atoms with Crippen molar-refractivity contribution in [1.29, 1.82) is 0 Å². The molecule has 0 aliphatic rings. The Bertz CT molecular complexity index is 1090. The van der Waals surface area contributed by atoms with E-state index in [0.717, 1.165) is 24.0 Å². The summed E-state index contributed by atoms with van der Waals surface area (Å²) in [5, 5.41) is 3.61. The number of halogens is 1. The van der Waals surface area contributed by atoms with Crippen LogP contribution in [0.4, 0.5) is 0 Å². The van der Waals surface area contributed by atoms with Crippen LogP contribution in [-0.4, -0.2) is 27.0 Å². The highest BCUT2D eigenvalue weighted by molar-refractivity contribution is 6.30. The van der Waals surface area contributed by atoms with Gasteiger partial charge >= 0.3 is 0 Å². The van der Waals surface area contributed by atoms with Crippen molar-refractivity contribution in [2.45, 2.75) is 19.4 Å². The SMILES string of the molecule is O=C(NCCCn1ccnc1)c1ccc2nc(Cc3cccc(Cl)c3)oc2c1. The summed E-state index contributed by atoms with van der Waals surface area (Å²) in [5.74, 6) is 0.468. The Labute approximate surface area is 167 Å². The summed E-state index contributed by atoms with van der Waals surface area (Å²) in [4.78, 5) is 20.9. The molecule has 0 bridgehead atoms. The molecule has 2 heterocycles. The number of benzene rings is 2. The summed E-state index contributed by atoms with van der Waals surface area (Å²) < 4.78 is 7.81. The Morgan fingerprint density at radius 2 is 2.14 bits per heavy atom. The molecule has 4 rings (SSSR count). The number of nitrogens with zero attached hydrogens (tertiary/aromatic N) is 3. The van der Waals surface area contributed by atoms with Crippen molar-refractivity contribution in [2.75, 3.05) is 6.54 Å². The number of aryl methyl sites for hydroxylation is 1. The largest absolute Gasteiger partial charge is 0.440 e. The molecule has 1 amide bonds. The second-order valence-electron chi connectivity index (χ2n) is 6.51. The van der Waals surface area contributed by atoms with Gasteiger partial charge in [0, 0.05) is 42.5 Å². The fourth-order valence-corrected chi connectivity index (χ4v) is 3.21. The van der Waals surface area contributed by atoms with E-state index in [9.17, 15) is 4.79 Å². The zero-order chi connectivity index (χ0) is 19.3. The third-order valence-electron chi connectivity index (χ3n) is 4.38. The predicted molar refractivity (Wildman–Crippen MR) is 107 cm³/mol. The van der Waals surface area contributed by atoms with Crippen molar-refractivity contribution in [3.63, 3.8) is 0 Å². The highest BCUT2D eigenvalue weighted by Gasteiger charge is 2.11. The fourth-order valence-electron chi connectivity index (χ4n) is 3.00. The molecule has 2 aromatic carbocycles. The van der Waals surface area contributed by atoms with E-state index in [1.165, 1.54) is 0 Å². The lowest BCUT2D eigenvalue weighted by Crippen LogP contribution is -2.25. The number of hydrogen-bond donors (Lipinski definition) is 1. The number of oxazole rings is 1. The van der Waals surface area contributed by atoms with Gasteiger partial charge in [-0.3, -0.25) is 4.79 Å². The van der Waals surface area contributed by atoms with Gasteiger partial charge in [-0.15, -0.1) is 0 Å². The molecule has 28 heavy (non-hydrogen) atoms. The third-order valence-corrected chi connectivity index (χ3v) is 4.61. The number of hydrogen-bond acceptors (Lipinski definition) is 4. The van der Waals surface area contributed by atoms with Crippen molar-refractivity contribution in [3.8, 4) is 0 Å². The van der Waals surface area contributed by atoms with E-state index in [1.807, 2.05) is 35.0 Å². The van der Waals surface area contributed by atoms with E-state index < -0.39 is 0 Å². The van der Waals surface area contributed by atoms with Crippen LogP contribution in [0.25, 0.3) is 11.1 Å². The molecule has 0 aliphatic carbocycles. The molecular formula is C21H19ClN4O2. The smallest absolute Gasteiger partial charge is 0.251 e. The van der Waals surface area contributed by atoms with Gasteiger partial charge in [-0.1, -0.05) is 23.7 Å². The third kappa shape index (κ3) is 4.40. The molecular weight excluding hydrogens is 376 g/mol. The van der Waals surface area contributed by atoms with Gasteiger partial charge in [0.25, 0.3) is 5.91 Å². The number of fused-ring (bicyclic) bond motifs is 1. The Balaban J connectivity index is 1.38. The van der Waals surface area contributed by atoms with Crippen molar-refractivity contribution in [1.82, 2.24) is 19.9 Å². The first-order chi connectivity index (χ1) is 13.7. The first kappa shape index (κ1) is 18.3. The maximum absolute atomic E-state index is 12.4. The standard InChI is InChI=1S/C21H19ClN4O2/c22-17-4-1-3-15(11-17)12-20-25-18-6-5-16(13-19(18)28-20)21(27)24-7-2-9-26-10-8-23-14-26/h1,3-6,8,10-11,13-14H,2,7,9,12H2,(H,24,27). The van der Waals surface area contributed by atoms with Gasteiger partial charge in [0.1, 0.15) is 5.52 Å². The second kappa shape index (κ2) is 8.27. The molecule has 0 unspecified atom stereocenters. The molecule has 142 valence electrons. The first-order valence-corrected chi connectivity index (χ1v) is 9.43. The van der Waals surface area contributed by atoms with Crippen LogP contribution in [0.5, 0.6) is 0 Å². The number of rotatable bonds is 7. The van der Waals surface area contributed by atoms with Crippen LogP contribution in [0.2, 0.25) is 5.02 Å². The highest BCUT2D eigenvalue weighted by atomic mass is 35.5. The van der Waals surface area contributed by atoms with Gasteiger partial charge in [0.15, 0.2) is 11.5 Å². The number of carbonyl (C=O) groups excluding carboxylic acids is 1. The molecule has 6 nitrogen and oxygen atoms in total. The Morgan fingerprint density at radius 1 is 1.21 bits per heavy atom. The van der Waals surface area contributed by atoms with Gasteiger partial charge in [-0.25, -0.2) is 9.97 Å². The summed E-state index contributed by atoms with van der Waals surface area (Å²) >= 11 is 6.03. The van der Waals surface area contributed by atoms with E-state index in [0.29, 0.717) is 35.0 Å². The summed E-state index contributed by atoms with van der Waals surface area (Å²) in [6.45, 7) is 1.40. The second-order valence-corrected chi connectivity index (χ2v) is 6.94. The normalized spacial score (nSPS) is 11.0. The predicted octanol–water partition coefficient (Wildman–Crippen LogP) is 4.09. The molecule has 4 aromatic rings. The lowest BCUT2D eigenvalue weighted by molar-refractivity contribution is 0.0952. The Kier molecular flexibility index (Phi) is 5.39. The van der Waals surface area contributed by atoms with Crippen molar-refractivity contribution in [2.24, 2.45) is 0 Å². The number of amides is 1. The summed E-state index contributed by atoms with van der Waals surface area (Å²) in [7, 11) is 0. The number of carbonyl (C=O) groups is 1. The van der Waals surface area contributed by atoms with E-state index in [4.69, 9.17) is 16.0 Å². The van der Waals surface area contributed by atoms with Gasteiger partial charge in [0.2, 0.25) is 0 Å². The van der Waals surface area contributed by atoms with Crippen LogP contribution in [0, 0.1) is 0 Å². The van der Waals surface area contributed by atoms with Gasteiger partial charge in [-0.05, 0) is 42.3 Å². The minimum Gasteiger partial charge on any atom is -0.440 e. The summed E-state index contributed by atoms with van der Waals surface area (Å²) in [5.41, 5.74) is 2.91. The van der Waals surface area contributed by atoms with Gasteiger partial charge in [0.05, 0.1) is 6.33 Å². The van der Waals surface area contributed by atoms with Crippen LogP contribution < -0.4 is 5.32 Å².